The highest BCUT2D eigenvalue weighted by atomic mass is 16.7. The highest BCUT2D eigenvalue weighted by molar-refractivity contribution is 5.87. The van der Waals surface area contributed by atoms with Gasteiger partial charge in [0.1, 0.15) is 0 Å². The molecule has 0 saturated heterocycles. The van der Waals surface area contributed by atoms with Crippen LogP contribution in [0, 0.1) is 0 Å². The first kappa shape index (κ1) is 22.6. The van der Waals surface area contributed by atoms with E-state index in [2.05, 4.69) is 13.2 Å². The maximum Gasteiger partial charge on any atom is 0.335 e. The molecular weight excluding hydrogens is 288 g/mol. The Bertz CT molecular complexity index is 339. The summed E-state index contributed by atoms with van der Waals surface area (Å²) in [4.78, 5) is 21.7. The molecule has 0 saturated carbocycles. The molecule has 0 aromatic heterocycles. The number of rotatable bonds is 8. The van der Waals surface area contributed by atoms with Crippen LogP contribution in [0.4, 0.5) is 0 Å². The summed E-state index contributed by atoms with van der Waals surface area (Å²) in [5.41, 5.74) is 0.771. The molecule has 0 aliphatic rings. The van der Waals surface area contributed by atoms with Crippen molar-refractivity contribution in [3.63, 3.8) is 0 Å². The average molecular weight is 316 g/mol. The van der Waals surface area contributed by atoms with Gasteiger partial charge in [-0.15, -0.1) is 0 Å². The monoisotopic (exact) mass is 316 g/mol. The second-order valence-electron chi connectivity index (χ2n) is 4.42. The van der Waals surface area contributed by atoms with Crippen LogP contribution in [-0.4, -0.2) is 37.7 Å². The molecule has 0 aromatic carbocycles. The number of carbonyl (C=O) groups is 2. The first-order valence-corrected chi connectivity index (χ1v) is 7.11. The number of esters is 2. The predicted octanol–water partition coefficient (Wildman–Crippen LogP) is 2.98. The molecule has 22 heavy (non-hydrogen) atoms. The molecule has 2 unspecified atom stereocenters. The van der Waals surface area contributed by atoms with E-state index in [1.54, 1.807) is 27.7 Å². The third-order valence-electron chi connectivity index (χ3n) is 2.05. The van der Waals surface area contributed by atoms with Gasteiger partial charge in [0.25, 0.3) is 0 Å². The quantitative estimate of drug-likeness (QED) is 0.389. The summed E-state index contributed by atoms with van der Waals surface area (Å²) < 4.78 is 19.5. The summed E-state index contributed by atoms with van der Waals surface area (Å²) in [6.07, 6.45) is -0.964. The first-order chi connectivity index (χ1) is 10.1. The minimum Gasteiger partial charge on any atom is -0.433 e. The standard InChI is InChI=1S/2C8H14O3/c2*1-5-10-7(4)11-8(9)6(2)3/h2*7H,2,5H2,1,3-4H3. The lowest BCUT2D eigenvalue weighted by Gasteiger charge is -2.11. The van der Waals surface area contributed by atoms with Gasteiger partial charge in [0.05, 0.1) is 0 Å². The van der Waals surface area contributed by atoms with E-state index in [4.69, 9.17) is 18.9 Å². The zero-order valence-corrected chi connectivity index (χ0v) is 14.4. The van der Waals surface area contributed by atoms with Crippen molar-refractivity contribution in [3.05, 3.63) is 24.3 Å². The molecule has 6 heteroatoms. The predicted molar refractivity (Wildman–Crippen MR) is 84.0 cm³/mol. The molecule has 0 aliphatic carbocycles. The molecule has 0 spiro atoms. The van der Waals surface area contributed by atoms with Crippen molar-refractivity contribution in [1.82, 2.24) is 0 Å². The molecule has 128 valence electrons. The molecule has 0 rings (SSSR count). The Morgan fingerprint density at radius 3 is 1.27 bits per heavy atom. The second kappa shape index (κ2) is 13.0. The summed E-state index contributed by atoms with van der Waals surface area (Å²) in [5, 5.41) is 0. The van der Waals surface area contributed by atoms with Crippen molar-refractivity contribution >= 4 is 11.9 Å². The van der Waals surface area contributed by atoms with E-state index in [9.17, 15) is 9.59 Å². The number of carbonyl (C=O) groups excluding carboxylic acids is 2. The Balaban J connectivity index is 0. The lowest BCUT2D eigenvalue weighted by Crippen LogP contribution is -2.18. The molecule has 0 aliphatic heterocycles. The van der Waals surface area contributed by atoms with E-state index < -0.39 is 24.5 Å². The van der Waals surface area contributed by atoms with Crippen molar-refractivity contribution in [2.75, 3.05) is 13.2 Å². The van der Waals surface area contributed by atoms with Crippen LogP contribution in [0.5, 0.6) is 0 Å². The van der Waals surface area contributed by atoms with Crippen LogP contribution in [0.3, 0.4) is 0 Å². The van der Waals surface area contributed by atoms with E-state index in [0.29, 0.717) is 24.4 Å². The molecule has 2 atom stereocenters. The van der Waals surface area contributed by atoms with Crippen LogP contribution in [0.1, 0.15) is 41.5 Å². The fourth-order valence-corrected chi connectivity index (χ4v) is 1.04. The van der Waals surface area contributed by atoms with Gasteiger partial charge in [-0.05, 0) is 41.5 Å². The Hall–Kier alpha value is -1.66. The SMILES string of the molecule is C=C(C)C(=O)OC(C)OCC.C=C(C)C(=O)OC(C)OCC. The second-order valence-corrected chi connectivity index (χ2v) is 4.42. The summed E-state index contributed by atoms with van der Waals surface area (Å²) in [6.45, 7) is 18.2. The van der Waals surface area contributed by atoms with Crippen molar-refractivity contribution in [3.8, 4) is 0 Å². The Morgan fingerprint density at radius 1 is 0.818 bits per heavy atom. The van der Waals surface area contributed by atoms with Crippen LogP contribution in [0.15, 0.2) is 24.3 Å². The summed E-state index contributed by atoms with van der Waals surface area (Å²) in [7, 11) is 0. The average Bonchev–Trinajstić information content (AvgIpc) is 2.39. The van der Waals surface area contributed by atoms with Crippen molar-refractivity contribution in [1.29, 1.82) is 0 Å². The smallest absolute Gasteiger partial charge is 0.335 e. The van der Waals surface area contributed by atoms with Crippen molar-refractivity contribution < 1.29 is 28.5 Å². The third-order valence-corrected chi connectivity index (χ3v) is 2.05. The maximum absolute atomic E-state index is 10.8. The molecule has 0 fully saturated rings. The number of ether oxygens (including phenoxy) is 4. The highest BCUT2D eigenvalue weighted by Crippen LogP contribution is 1.99. The lowest BCUT2D eigenvalue weighted by molar-refractivity contribution is -0.170. The summed E-state index contributed by atoms with van der Waals surface area (Å²) in [6, 6.07) is 0. The van der Waals surface area contributed by atoms with E-state index in [1.165, 1.54) is 0 Å². The van der Waals surface area contributed by atoms with Gasteiger partial charge in [0.15, 0.2) is 12.6 Å². The zero-order chi connectivity index (χ0) is 17.7. The zero-order valence-electron chi connectivity index (χ0n) is 14.4. The van der Waals surface area contributed by atoms with E-state index in [1.807, 2.05) is 13.8 Å². The number of hydrogen-bond acceptors (Lipinski definition) is 6. The molecule has 0 radical (unpaired) electrons. The first-order valence-electron chi connectivity index (χ1n) is 7.11. The largest absolute Gasteiger partial charge is 0.433 e. The van der Waals surface area contributed by atoms with Gasteiger partial charge in [-0.25, -0.2) is 9.59 Å². The molecule has 0 amide bonds. The van der Waals surface area contributed by atoms with Gasteiger partial charge in [0, 0.05) is 24.4 Å². The topological polar surface area (TPSA) is 71.1 Å². The molecule has 6 nitrogen and oxygen atoms in total. The Labute approximate surface area is 133 Å². The summed E-state index contributed by atoms with van der Waals surface area (Å²) >= 11 is 0. The van der Waals surface area contributed by atoms with E-state index in [-0.39, 0.29) is 0 Å². The fraction of sp³-hybridized carbons (Fsp3) is 0.625. The third kappa shape index (κ3) is 13.3. The Morgan fingerprint density at radius 2 is 1.09 bits per heavy atom. The van der Waals surface area contributed by atoms with Crippen LogP contribution in [0.2, 0.25) is 0 Å². The maximum atomic E-state index is 10.8. The van der Waals surface area contributed by atoms with Gasteiger partial charge < -0.3 is 18.9 Å². The minimum atomic E-state index is -0.482. The van der Waals surface area contributed by atoms with Gasteiger partial charge in [-0.1, -0.05) is 13.2 Å². The van der Waals surface area contributed by atoms with Crippen LogP contribution in [0.25, 0.3) is 0 Å². The van der Waals surface area contributed by atoms with Crippen LogP contribution < -0.4 is 0 Å². The molecule has 0 bridgehead atoms. The Kier molecular flexibility index (Phi) is 13.4. The van der Waals surface area contributed by atoms with E-state index >= 15 is 0 Å². The van der Waals surface area contributed by atoms with Gasteiger partial charge in [0.2, 0.25) is 0 Å². The minimum absolute atomic E-state index is 0.386. The van der Waals surface area contributed by atoms with Gasteiger partial charge in [-0.2, -0.15) is 0 Å². The van der Waals surface area contributed by atoms with Gasteiger partial charge >= 0.3 is 11.9 Å². The van der Waals surface area contributed by atoms with Crippen molar-refractivity contribution in [2.24, 2.45) is 0 Å². The van der Waals surface area contributed by atoms with Crippen molar-refractivity contribution in [2.45, 2.75) is 54.1 Å². The number of hydrogen-bond donors (Lipinski definition) is 0. The summed E-state index contributed by atoms with van der Waals surface area (Å²) in [5.74, 6) is -0.822. The molecule has 0 heterocycles. The molecule has 0 N–H and O–H groups in total. The lowest BCUT2D eigenvalue weighted by atomic mass is 10.4. The molecule has 0 aromatic rings. The fourth-order valence-electron chi connectivity index (χ4n) is 1.04. The molecular formula is C16H28O6. The highest BCUT2D eigenvalue weighted by Gasteiger charge is 2.09. The normalized spacial score (nSPS) is 12.3. The van der Waals surface area contributed by atoms with Gasteiger partial charge in [-0.3, -0.25) is 0 Å². The van der Waals surface area contributed by atoms with E-state index in [0.717, 1.165) is 0 Å². The van der Waals surface area contributed by atoms with Crippen LogP contribution in [-0.2, 0) is 28.5 Å². The van der Waals surface area contributed by atoms with Crippen LogP contribution >= 0.6 is 0 Å².